The third-order valence-electron chi connectivity index (χ3n) is 3.83. The molecule has 0 saturated carbocycles. The van der Waals surface area contributed by atoms with Crippen molar-refractivity contribution in [3.63, 3.8) is 0 Å². The first-order valence-corrected chi connectivity index (χ1v) is 9.76. The van der Waals surface area contributed by atoms with Crippen molar-refractivity contribution in [2.45, 2.75) is 4.21 Å². The topological polar surface area (TPSA) is 64.4 Å². The van der Waals surface area contributed by atoms with Gasteiger partial charge in [0.2, 0.25) is 0 Å². The van der Waals surface area contributed by atoms with Crippen LogP contribution in [0.2, 0.25) is 4.34 Å². The van der Waals surface area contributed by atoms with Gasteiger partial charge in [-0.05, 0) is 24.3 Å². The predicted octanol–water partition coefficient (Wildman–Crippen LogP) is 2.92. The second kappa shape index (κ2) is 6.69. The Labute approximate surface area is 148 Å². The van der Waals surface area contributed by atoms with Crippen molar-refractivity contribution in [1.29, 1.82) is 5.26 Å². The van der Waals surface area contributed by atoms with Gasteiger partial charge in [-0.1, -0.05) is 17.7 Å². The highest BCUT2D eigenvalue weighted by Gasteiger charge is 2.30. The van der Waals surface area contributed by atoms with Crippen LogP contribution in [-0.2, 0) is 10.0 Å². The fourth-order valence-electron chi connectivity index (χ4n) is 2.62. The summed E-state index contributed by atoms with van der Waals surface area (Å²) in [5.41, 5.74) is 0.479. The second-order valence-corrected chi connectivity index (χ2v) is 9.08. The molecule has 0 spiro atoms. The lowest BCUT2D eigenvalue weighted by Crippen LogP contribution is -2.48. The molecule has 126 valence electrons. The lowest BCUT2D eigenvalue weighted by atomic mass is 10.1. The molecule has 1 aliphatic heterocycles. The van der Waals surface area contributed by atoms with E-state index in [1.54, 1.807) is 18.2 Å². The fraction of sp³-hybridized carbons (Fsp3) is 0.267. The van der Waals surface area contributed by atoms with Crippen LogP contribution in [0.5, 0.6) is 0 Å². The van der Waals surface area contributed by atoms with Gasteiger partial charge in [0, 0.05) is 26.2 Å². The molecule has 1 fully saturated rings. The minimum atomic E-state index is -3.57. The zero-order chi connectivity index (χ0) is 17.3. The number of hydrogen-bond donors (Lipinski definition) is 0. The van der Waals surface area contributed by atoms with Crippen LogP contribution in [0.3, 0.4) is 0 Å². The molecular formula is C15H13ClFN3O2S2. The quantitative estimate of drug-likeness (QED) is 0.814. The van der Waals surface area contributed by atoms with Crippen molar-refractivity contribution in [1.82, 2.24) is 4.31 Å². The molecule has 9 heteroatoms. The molecule has 3 rings (SSSR count). The summed E-state index contributed by atoms with van der Waals surface area (Å²) < 4.78 is 40.9. The lowest BCUT2D eigenvalue weighted by Gasteiger charge is -2.35. The molecule has 1 aromatic carbocycles. The Hall–Kier alpha value is -1.66. The van der Waals surface area contributed by atoms with E-state index < -0.39 is 15.8 Å². The number of rotatable bonds is 3. The summed E-state index contributed by atoms with van der Waals surface area (Å²) in [6.45, 7) is 1.30. The van der Waals surface area contributed by atoms with Crippen LogP contribution >= 0.6 is 22.9 Å². The third kappa shape index (κ3) is 3.13. The van der Waals surface area contributed by atoms with E-state index in [4.69, 9.17) is 16.9 Å². The zero-order valence-electron chi connectivity index (χ0n) is 12.4. The highest BCUT2D eigenvalue weighted by molar-refractivity contribution is 7.91. The van der Waals surface area contributed by atoms with Gasteiger partial charge in [-0.2, -0.15) is 9.57 Å². The first kappa shape index (κ1) is 17.2. The van der Waals surface area contributed by atoms with Crippen molar-refractivity contribution < 1.29 is 12.8 Å². The second-order valence-electron chi connectivity index (χ2n) is 5.20. The maximum atomic E-state index is 13.7. The van der Waals surface area contributed by atoms with E-state index in [1.807, 2.05) is 11.0 Å². The number of piperazine rings is 1. The third-order valence-corrected chi connectivity index (χ3v) is 7.42. The zero-order valence-corrected chi connectivity index (χ0v) is 14.8. The van der Waals surface area contributed by atoms with Gasteiger partial charge in [0.25, 0.3) is 10.0 Å². The van der Waals surface area contributed by atoms with E-state index in [-0.39, 0.29) is 22.9 Å². The fourth-order valence-corrected chi connectivity index (χ4v) is 5.68. The standard InChI is InChI=1S/C15H13ClFN3O2S2/c16-14-4-5-15(23-14)24(21,22)20-8-6-19(7-9-20)13-3-1-2-12(17)11(13)10-18/h1-5H,6-9H2. The monoisotopic (exact) mass is 385 g/mol. The number of thiophene rings is 1. The maximum absolute atomic E-state index is 13.7. The molecule has 0 unspecified atom stereocenters. The van der Waals surface area contributed by atoms with Crippen molar-refractivity contribution in [2.24, 2.45) is 0 Å². The Balaban J connectivity index is 1.77. The molecule has 1 aromatic heterocycles. The van der Waals surface area contributed by atoms with Crippen molar-refractivity contribution in [2.75, 3.05) is 31.1 Å². The van der Waals surface area contributed by atoms with Gasteiger partial charge in [-0.25, -0.2) is 12.8 Å². The Morgan fingerprint density at radius 1 is 1.17 bits per heavy atom. The first-order chi connectivity index (χ1) is 11.4. The van der Waals surface area contributed by atoms with Crippen molar-refractivity contribution in [3.8, 4) is 6.07 Å². The first-order valence-electron chi connectivity index (χ1n) is 7.12. The van der Waals surface area contributed by atoms with Gasteiger partial charge in [0.1, 0.15) is 21.7 Å². The van der Waals surface area contributed by atoms with Gasteiger partial charge >= 0.3 is 0 Å². The van der Waals surface area contributed by atoms with E-state index >= 15 is 0 Å². The number of sulfonamides is 1. The molecule has 0 aliphatic carbocycles. The molecule has 24 heavy (non-hydrogen) atoms. The minimum Gasteiger partial charge on any atom is -0.368 e. The number of halogens is 2. The molecule has 1 aliphatic rings. The molecule has 0 amide bonds. The van der Waals surface area contributed by atoms with E-state index in [0.29, 0.717) is 23.1 Å². The van der Waals surface area contributed by atoms with Crippen LogP contribution in [0.4, 0.5) is 10.1 Å². The molecule has 0 radical (unpaired) electrons. The maximum Gasteiger partial charge on any atom is 0.252 e. The van der Waals surface area contributed by atoms with Crippen molar-refractivity contribution in [3.05, 3.63) is 46.0 Å². The van der Waals surface area contributed by atoms with Gasteiger partial charge in [0.15, 0.2) is 0 Å². The van der Waals surface area contributed by atoms with Gasteiger partial charge < -0.3 is 4.90 Å². The summed E-state index contributed by atoms with van der Waals surface area (Å²) in [7, 11) is -3.57. The lowest BCUT2D eigenvalue weighted by molar-refractivity contribution is 0.385. The highest BCUT2D eigenvalue weighted by Crippen LogP contribution is 2.30. The highest BCUT2D eigenvalue weighted by atomic mass is 35.5. The Kier molecular flexibility index (Phi) is 4.78. The summed E-state index contributed by atoms with van der Waals surface area (Å²) in [5, 5.41) is 9.13. The summed E-state index contributed by atoms with van der Waals surface area (Å²) in [6, 6.07) is 9.38. The molecule has 2 aromatic rings. The Morgan fingerprint density at radius 3 is 2.46 bits per heavy atom. The van der Waals surface area contributed by atoms with Gasteiger partial charge in [-0.15, -0.1) is 11.3 Å². The summed E-state index contributed by atoms with van der Waals surface area (Å²) in [5.74, 6) is -0.571. The van der Waals surface area contributed by atoms with Crippen LogP contribution in [0, 0.1) is 17.1 Å². The molecule has 1 saturated heterocycles. The molecule has 2 heterocycles. The molecule has 0 bridgehead atoms. The van der Waals surface area contributed by atoms with Gasteiger partial charge in [0.05, 0.1) is 10.0 Å². The molecule has 0 atom stereocenters. The van der Waals surface area contributed by atoms with E-state index in [9.17, 15) is 12.8 Å². The molecule has 5 nitrogen and oxygen atoms in total. The van der Waals surface area contributed by atoms with Crippen LogP contribution in [-0.4, -0.2) is 38.9 Å². The average molecular weight is 386 g/mol. The summed E-state index contributed by atoms with van der Waals surface area (Å²) in [4.78, 5) is 1.83. The SMILES string of the molecule is N#Cc1c(F)cccc1N1CCN(S(=O)(=O)c2ccc(Cl)s2)CC1. The van der Waals surface area contributed by atoms with Crippen molar-refractivity contribution >= 4 is 38.6 Å². The Bertz CT molecular complexity index is 900. The number of anilines is 1. The van der Waals surface area contributed by atoms with Crippen LogP contribution in [0.25, 0.3) is 0 Å². The van der Waals surface area contributed by atoms with Crippen LogP contribution < -0.4 is 4.90 Å². The number of benzene rings is 1. The van der Waals surface area contributed by atoms with Crippen LogP contribution in [0.1, 0.15) is 5.56 Å². The smallest absolute Gasteiger partial charge is 0.252 e. The Morgan fingerprint density at radius 2 is 1.88 bits per heavy atom. The summed E-state index contributed by atoms with van der Waals surface area (Å²) >= 11 is 6.84. The van der Waals surface area contributed by atoms with Crippen LogP contribution in [0.15, 0.2) is 34.5 Å². The minimum absolute atomic E-state index is 0.0150. The average Bonchev–Trinajstić information content (AvgIpc) is 3.02. The largest absolute Gasteiger partial charge is 0.368 e. The van der Waals surface area contributed by atoms with E-state index in [1.165, 1.54) is 16.4 Å². The number of nitriles is 1. The van der Waals surface area contributed by atoms with E-state index in [0.717, 1.165) is 11.3 Å². The predicted molar refractivity (Wildman–Crippen MR) is 91.4 cm³/mol. The number of nitrogens with zero attached hydrogens (tertiary/aromatic N) is 3. The molecular weight excluding hydrogens is 373 g/mol. The normalized spacial score (nSPS) is 16.1. The number of hydrogen-bond acceptors (Lipinski definition) is 5. The van der Waals surface area contributed by atoms with E-state index in [2.05, 4.69) is 0 Å². The molecule has 0 N–H and O–H groups in total. The summed E-state index contributed by atoms with van der Waals surface area (Å²) in [6.07, 6.45) is 0. The van der Waals surface area contributed by atoms with Gasteiger partial charge in [-0.3, -0.25) is 0 Å².